The summed E-state index contributed by atoms with van der Waals surface area (Å²) >= 11 is 0. The summed E-state index contributed by atoms with van der Waals surface area (Å²) in [6, 6.07) is 10.8. The van der Waals surface area contributed by atoms with Crippen molar-refractivity contribution in [1.82, 2.24) is 0 Å². The molecule has 2 nitrogen and oxygen atoms in total. The zero-order valence-electron chi connectivity index (χ0n) is 11.4. The largest absolute Gasteiger partial charge is 0.371 e. The van der Waals surface area contributed by atoms with E-state index in [1.165, 1.54) is 32.1 Å². The highest BCUT2D eigenvalue weighted by Gasteiger charge is 2.24. The lowest BCUT2D eigenvalue weighted by Crippen LogP contribution is -2.35. The van der Waals surface area contributed by atoms with E-state index in [1.807, 2.05) is 18.2 Å². The molecule has 0 bridgehead atoms. The lowest BCUT2D eigenvalue weighted by Gasteiger charge is -2.36. The van der Waals surface area contributed by atoms with Gasteiger partial charge in [-0.1, -0.05) is 25.5 Å². The molecule has 0 N–H and O–H groups in total. The first-order valence-electron chi connectivity index (χ1n) is 6.98. The molecule has 0 spiro atoms. The van der Waals surface area contributed by atoms with Crippen molar-refractivity contribution < 1.29 is 0 Å². The summed E-state index contributed by atoms with van der Waals surface area (Å²) in [5.41, 5.74) is 1.87. The fourth-order valence-corrected chi connectivity index (χ4v) is 3.01. The molecular weight excluding hydrogens is 220 g/mol. The van der Waals surface area contributed by atoms with Crippen LogP contribution < -0.4 is 4.90 Å². The van der Waals surface area contributed by atoms with Gasteiger partial charge in [0.25, 0.3) is 0 Å². The van der Waals surface area contributed by atoms with Crippen LogP contribution in [0.3, 0.4) is 0 Å². The molecule has 0 aliphatic heterocycles. The summed E-state index contributed by atoms with van der Waals surface area (Å²) in [4.78, 5) is 2.31. The molecule has 0 saturated heterocycles. The molecule has 18 heavy (non-hydrogen) atoms. The van der Waals surface area contributed by atoms with Gasteiger partial charge in [0, 0.05) is 13.1 Å². The van der Waals surface area contributed by atoms with Crippen LogP contribution in [0.15, 0.2) is 24.3 Å². The molecule has 0 amide bonds. The molecule has 0 atom stereocenters. The summed E-state index contributed by atoms with van der Waals surface area (Å²) < 4.78 is 0. The van der Waals surface area contributed by atoms with Crippen molar-refractivity contribution in [1.29, 1.82) is 5.26 Å². The van der Waals surface area contributed by atoms with Crippen molar-refractivity contribution in [2.75, 3.05) is 11.9 Å². The number of nitriles is 1. The van der Waals surface area contributed by atoms with Crippen LogP contribution in [0.5, 0.6) is 0 Å². The monoisotopic (exact) mass is 242 g/mol. The Balaban J connectivity index is 2.08. The first kappa shape index (κ1) is 13.0. The van der Waals surface area contributed by atoms with Gasteiger partial charge in [-0.25, -0.2) is 0 Å². The molecule has 1 aromatic rings. The van der Waals surface area contributed by atoms with Crippen LogP contribution >= 0.6 is 0 Å². The second kappa shape index (κ2) is 5.91. The zero-order valence-corrected chi connectivity index (χ0v) is 11.4. The average Bonchev–Trinajstić information content (AvgIpc) is 2.46. The third-order valence-electron chi connectivity index (χ3n) is 4.35. The molecule has 0 radical (unpaired) electrons. The van der Waals surface area contributed by atoms with Crippen molar-refractivity contribution in [2.45, 2.75) is 45.1 Å². The maximum Gasteiger partial charge on any atom is 0.101 e. The lowest BCUT2D eigenvalue weighted by atomic mass is 9.84. The minimum absolute atomic E-state index is 0.599. The molecule has 1 fully saturated rings. The van der Waals surface area contributed by atoms with Crippen LogP contribution in [-0.2, 0) is 0 Å². The van der Waals surface area contributed by atoms with Gasteiger partial charge in [0.1, 0.15) is 6.07 Å². The summed E-state index contributed by atoms with van der Waals surface area (Å²) in [7, 11) is 2.13. The molecule has 96 valence electrons. The molecule has 1 aliphatic carbocycles. The quantitative estimate of drug-likeness (QED) is 0.802. The predicted molar refractivity (Wildman–Crippen MR) is 75.6 cm³/mol. The lowest BCUT2D eigenvalue weighted by molar-refractivity contribution is 0.313. The molecule has 0 aromatic heterocycles. The molecule has 1 aromatic carbocycles. The topological polar surface area (TPSA) is 27.0 Å². The summed E-state index contributed by atoms with van der Waals surface area (Å²) in [5, 5.41) is 9.17. The minimum Gasteiger partial charge on any atom is -0.371 e. The van der Waals surface area contributed by atoms with Gasteiger partial charge in [0.15, 0.2) is 0 Å². The Morgan fingerprint density at radius 3 is 2.50 bits per heavy atom. The van der Waals surface area contributed by atoms with Crippen LogP contribution in [0, 0.1) is 17.2 Å². The maximum absolute atomic E-state index is 9.17. The highest BCUT2D eigenvalue weighted by Crippen LogP contribution is 2.32. The van der Waals surface area contributed by atoms with Gasteiger partial charge in [-0.2, -0.15) is 5.26 Å². The molecule has 0 unspecified atom stereocenters. The van der Waals surface area contributed by atoms with E-state index in [-0.39, 0.29) is 0 Å². The molecule has 1 aliphatic rings. The minimum atomic E-state index is 0.599. The number of rotatable bonds is 3. The van der Waals surface area contributed by atoms with Crippen LogP contribution in [0.4, 0.5) is 5.69 Å². The van der Waals surface area contributed by atoms with Gasteiger partial charge in [-0.3, -0.25) is 0 Å². The van der Waals surface area contributed by atoms with Gasteiger partial charge in [0.2, 0.25) is 0 Å². The van der Waals surface area contributed by atoms with Crippen molar-refractivity contribution in [3.63, 3.8) is 0 Å². The van der Waals surface area contributed by atoms with Crippen molar-refractivity contribution in [3.8, 4) is 6.07 Å². The summed E-state index contributed by atoms with van der Waals surface area (Å²) in [6.45, 7) is 2.29. The van der Waals surface area contributed by atoms with E-state index in [0.717, 1.165) is 17.2 Å². The van der Waals surface area contributed by atoms with Gasteiger partial charge < -0.3 is 4.90 Å². The van der Waals surface area contributed by atoms with E-state index in [1.54, 1.807) is 0 Å². The van der Waals surface area contributed by atoms with Crippen molar-refractivity contribution in [3.05, 3.63) is 29.8 Å². The van der Waals surface area contributed by atoms with Crippen molar-refractivity contribution >= 4 is 5.69 Å². The normalized spacial score (nSPS) is 23.4. The van der Waals surface area contributed by atoms with Gasteiger partial charge in [-0.05, 0) is 43.7 Å². The summed E-state index contributed by atoms with van der Waals surface area (Å²) in [5.74, 6) is 0.917. The number of hydrogen-bond donors (Lipinski definition) is 0. The van der Waals surface area contributed by atoms with Crippen LogP contribution in [-0.4, -0.2) is 13.1 Å². The summed E-state index contributed by atoms with van der Waals surface area (Å²) in [6.07, 6.45) is 6.50. The van der Waals surface area contributed by atoms with E-state index in [2.05, 4.69) is 31.0 Å². The van der Waals surface area contributed by atoms with E-state index >= 15 is 0 Å². The van der Waals surface area contributed by atoms with E-state index < -0.39 is 0 Å². The van der Waals surface area contributed by atoms with Crippen molar-refractivity contribution in [2.24, 2.45) is 5.92 Å². The number of hydrogen-bond acceptors (Lipinski definition) is 2. The fourth-order valence-electron chi connectivity index (χ4n) is 3.01. The second-order valence-corrected chi connectivity index (χ2v) is 5.32. The van der Waals surface area contributed by atoms with Gasteiger partial charge in [-0.15, -0.1) is 0 Å². The highest BCUT2D eigenvalue weighted by atomic mass is 15.1. The smallest absolute Gasteiger partial charge is 0.101 e. The molecule has 1 saturated carbocycles. The SMILES string of the molecule is CCC1CCC(N(C)c2ccccc2C#N)CC1. The van der Waals surface area contributed by atoms with E-state index in [0.29, 0.717) is 6.04 Å². The second-order valence-electron chi connectivity index (χ2n) is 5.32. The standard InChI is InChI=1S/C16H22N2/c1-3-13-8-10-15(11-9-13)18(2)16-7-5-4-6-14(16)12-17/h4-7,13,15H,3,8-11H2,1-2H3. The first-order chi connectivity index (χ1) is 8.76. The Morgan fingerprint density at radius 1 is 1.22 bits per heavy atom. The molecule has 2 rings (SSSR count). The molecule has 0 heterocycles. The Labute approximate surface area is 110 Å². The van der Waals surface area contributed by atoms with Crippen LogP contribution in [0.25, 0.3) is 0 Å². The van der Waals surface area contributed by atoms with E-state index in [9.17, 15) is 0 Å². The molecule has 2 heteroatoms. The third kappa shape index (κ3) is 2.67. The number of benzene rings is 1. The Bertz CT molecular complexity index is 425. The Morgan fingerprint density at radius 2 is 1.89 bits per heavy atom. The predicted octanol–water partition coefficient (Wildman–Crippen LogP) is 3.96. The van der Waals surface area contributed by atoms with Gasteiger partial charge in [0.05, 0.1) is 11.3 Å². The highest BCUT2D eigenvalue weighted by molar-refractivity contribution is 5.59. The maximum atomic E-state index is 9.17. The molecular formula is C16H22N2. The van der Waals surface area contributed by atoms with E-state index in [4.69, 9.17) is 5.26 Å². The number of nitrogens with zero attached hydrogens (tertiary/aromatic N) is 2. The number of para-hydroxylation sites is 1. The third-order valence-corrected chi connectivity index (χ3v) is 4.35. The van der Waals surface area contributed by atoms with Gasteiger partial charge >= 0.3 is 0 Å². The first-order valence-corrected chi connectivity index (χ1v) is 6.98. The van der Waals surface area contributed by atoms with Crippen LogP contribution in [0.2, 0.25) is 0 Å². The fraction of sp³-hybridized carbons (Fsp3) is 0.562. The average molecular weight is 242 g/mol. The van der Waals surface area contributed by atoms with Crippen LogP contribution in [0.1, 0.15) is 44.6 Å². The number of anilines is 1. The Kier molecular flexibility index (Phi) is 4.25. The Hall–Kier alpha value is -1.49. The zero-order chi connectivity index (χ0) is 13.0.